The van der Waals surface area contributed by atoms with Gasteiger partial charge in [-0.05, 0) is 37.0 Å². The highest BCUT2D eigenvalue weighted by atomic mass is 32.2. The lowest BCUT2D eigenvalue weighted by atomic mass is 9.99. The van der Waals surface area contributed by atoms with Crippen LogP contribution in [0.2, 0.25) is 0 Å². The average molecular weight is 445 g/mol. The molecule has 9 heteroatoms. The number of carbonyl (C=O) groups excluding carboxylic acids is 1. The highest BCUT2D eigenvalue weighted by Crippen LogP contribution is 2.29. The molecule has 1 aromatic heterocycles. The lowest BCUT2D eigenvalue weighted by Gasteiger charge is -2.17. The van der Waals surface area contributed by atoms with E-state index >= 15 is 0 Å². The number of nitrogens with one attached hydrogen (secondary N) is 3. The molecular formula is C22H22F2N4O2S. The van der Waals surface area contributed by atoms with Gasteiger partial charge in [0, 0.05) is 36.6 Å². The predicted octanol–water partition coefficient (Wildman–Crippen LogP) is 4.02. The van der Waals surface area contributed by atoms with Crippen LogP contribution in [0.25, 0.3) is 0 Å². The Bertz CT molecular complexity index is 1240. The van der Waals surface area contributed by atoms with Gasteiger partial charge in [-0.2, -0.15) is 0 Å². The maximum absolute atomic E-state index is 13.5. The summed E-state index contributed by atoms with van der Waals surface area (Å²) >= 11 is 0. The molecular weight excluding hydrogens is 422 g/mol. The monoisotopic (exact) mass is 444 g/mol. The molecule has 1 aliphatic heterocycles. The smallest absolute Gasteiger partial charge is 0.272 e. The lowest BCUT2D eigenvalue weighted by molar-refractivity contribution is 0.101. The molecule has 1 aliphatic rings. The summed E-state index contributed by atoms with van der Waals surface area (Å²) < 4.78 is 52.8. The maximum Gasteiger partial charge on any atom is 0.272 e. The van der Waals surface area contributed by atoms with Crippen LogP contribution in [0.1, 0.15) is 28.0 Å². The van der Waals surface area contributed by atoms with Crippen LogP contribution in [0.3, 0.4) is 0 Å². The zero-order valence-electron chi connectivity index (χ0n) is 16.8. The molecule has 0 radical (unpaired) electrons. The molecule has 3 N–H and O–H groups in total. The average Bonchev–Trinajstić information content (AvgIpc) is 3.01. The van der Waals surface area contributed by atoms with Gasteiger partial charge < -0.3 is 9.88 Å². The number of benzene rings is 2. The number of hydrogen-bond donors (Lipinski definition) is 3. The molecule has 1 amide bonds. The molecule has 2 aromatic carbocycles. The summed E-state index contributed by atoms with van der Waals surface area (Å²) in [4.78, 5) is 13.2. The van der Waals surface area contributed by atoms with E-state index in [1.807, 2.05) is 30.3 Å². The van der Waals surface area contributed by atoms with Crippen molar-refractivity contribution in [1.29, 1.82) is 4.78 Å². The van der Waals surface area contributed by atoms with Crippen LogP contribution in [-0.4, -0.2) is 20.7 Å². The fraction of sp³-hybridized carbons (Fsp3) is 0.227. The number of anilines is 1. The molecule has 4 rings (SSSR count). The molecule has 0 bridgehead atoms. The van der Waals surface area contributed by atoms with Gasteiger partial charge in [0.2, 0.25) is 0 Å². The van der Waals surface area contributed by atoms with Crippen molar-refractivity contribution in [2.75, 3.05) is 5.32 Å². The van der Waals surface area contributed by atoms with Crippen LogP contribution in [-0.2, 0) is 29.8 Å². The van der Waals surface area contributed by atoms with Gasteiger partial charge in [-0.1, -0.05) is 30.3 Å². The lowest BCUT2D eigenvalue weighted by Crippen LogP contribution is -2.34. The summed E-state index contributed by atoms with van der Waals surface area (Å²) in [5.74, 6) is -2.60. The Kier molecular flexibility index (Phi) is 5.63. The Balaban J connectivity index is 1.62. The molecule has 0 saturated carbocycles. The molecule has 2 atom stereocenters. The van der Waals surface area contributed by atoms with Crippen LogP contribution in [0, 0.1) is 16.4 Å². The molecule has 162 valence electrons. The Morgan fingerprint density at radius 1 is 1.23 bits per heavy atom. The molecule has 31 heavy (non-hydrogen) atoms. The molecule has 0 aliphatic carbocycles. The minimum absolute atomic E-state index is 0.110. The fourth-order valence-corrected chi connectivity index (χ4v) is 5.57. The van der Waals surface area contributed by atoms with E-state index in [9.17, 15) is 17.8 Å². The molecule has 2 unspecified atom stereocenters. The number of fused-ring (bicyclic) bond motifs is 1. The number of rotatable bonds is 4. The van der Waals surface area contributed by atoms with Crippen LogP contribution in [0.15, 0.2) is 59.6 Å². The standard InChI is InChI=1S/C22H22F2N4O2S/c1-28-13-20-17(21(28)22(29)26-15-8-10-18(23)19(24)12-15)9-7-16(27-31(20,25)30)11-14-5-3-2-4-6-14/h2-6,8,10,12-13,16H,7,9,11H2,1H3,(H,26,29)(H2,25,27,30). The van der Waals surface area contributed by atoms with E-state index in [4.69, 9.17) is 4.78 Å². The summed E-state index contributed by atoms with van der Waals surface area (Å²) in [6.07, 6.45) is 3.19. The second kappa shape index (κ2) is 8.24. The van der Waals surface area contributed by atoms with Gasteiger partial charge in [0.05, 0.1) is 4.90 Å². The summed E-state index contributed by atoms with van der Waals surface area (Å²) in [6.45, 7) is 0. The third-order valence-corrected chi connectivity index (χ3v) is 6.99. The van der Waals surface area contributed by atoms with Gasteiger partial charge in [0.1, 0.15) is 15.6 Å². The van der Waals surface area contributed by atoms with Gasteiger partial charge in [-0.15, -0.1) is 0 Å². The van der Waals surface area contributed by atoms with Gasteiger partial charge in [0.25, 0.3) is 5.91 Å². The summed E-state index contributed by atoms with van der Waals surface area (Å²) in [5, 5.41) is 2.56. The topological polar surface area (TPSA) is 87.0 Å². The summed E-state index contributed by atoms with van der Waals surface area (Å²) in [5.41, 5.74) is 1.96. The Morgan fingerprint density at radius 3 is 2.68 bits per heavy atom. The third-order valence-electron chi connectivity index (χ3n) is 5.35. The van der Waals surface area contributed by atoms with Crippen LogP contribution in [0.5, 0.6) is 0 Å². The Hall–Kier alpha value is -3.04. The first kappa shape index (κ1) is 21.2. The maximum atomic E-state index is 13.5. The van der Waals surface area contributed by atoms with Crippen LogP contribution in [0.4, 0.5) is 14.5 Å². The number of hydrogen-bond acceptors (Lipinski definition) is 3. The van der Waals surface area contributed by atoms with Gasteiger partial charge in [0.15, 0.2) is 11.6 Å². The first-order valence-corrected chi connectivity index (χ1v) is 11.3. The molecule has 0 saturated heterocycles. The number of amides is 1. The predicted molar refractivity (Wildman–Crippen MR) is 114 cm³/mol. The highest BCUT2D eigenvalue weighted by molar-refractivity contribution is 7.90. The first-order valence-electron chi connectivity index (χ1n) is 9.79. The molecule has 6 nitrogen and oxygen atoms in total. The molecule has 0 fully saturated rings. The Labute approximate surface area is 179 Å². The van der Waals surface area contributed by atoms with E-state index in [1.165, 1.54) is 16.8 Å². The van der Waals surface area contributed by atoms with E-state index in [2.05, 4.69) is 10.0 Å². The Morgan fingerprint density at radius 2 is 1.97 bits per heavy atom. The molecule has 2 heterocycles. The van der Waals surface area contributed by atoms with E-state index < -0.39 is 27.5 Å². The number of aromatic nitrogens is 1. The van der Waals surface area contributed by atoms with Crippen LogP contribution >= 0.6 is 0 Å². The van der Waals surface area contributed by atoms with E-state index in [1.54, 1.807) is 7.05 Å². The van der Waals surface area contributed by atoms with Crippen molar-refractivity contribution in [3.8, 4) is 0 Å². The second-order valence-corrected chi connectivity index (χ2v) is 9.40. The van der Waals surface area contributed by atoms with E-state index in [0.717, 1.165) is 17.7 Å². The largest absolute Gasteiger partial charge is 0.345 e. The molecule has 0 spiro atoms. The summed E-state index contributed by atoms with van der Waals surface area (Å²) in [7, 11) is -1.70. The zero-order chi connectivity index (χ0) is 22.2. The van der Waals surface area contributed by atoms with E-state index in [0.29, 0.717) is 24.8 Å². The van der Waals surface area contributed by atoms with E-state index in [-0.39, 0.29) is 22.3 Å². The molecule has 3 aromatic rings. The minimum Gasteiger partial charge on any atom is -0.345 e. The fourth-order valence-electron chi connectivity index (χ4n) is 3.92. The van der Waals surface area contributed by atoms with Gasteiger partial charge in [-0.3, -0.25) is 4.79 Å². The van der Waals surface area contributed by atoms with Crippen molar-refractivity contribution >= 4 is 21.5 Å². The SMILES string of the molecule is Cn1cc2c(c1C(=O)Nc1ccc(F)c(F)c1)CCC(Cc1ccccc1)NS2(=N)=O. The first-order chi connectivity index (χ1) is 14.7. The van der Waals surface area contributed by atoms with Crippen molar-refractivity contribution in [3.05, 3.63) is 83.2 Å². The summed E-state index contributed by atoms with van der Waals surface area (Å²) in [6, 6.07) is 12.7. The van der Waals surface area contributed by atoms with Crippen LogP contribution < -0.4 is 10.0 Å². The minimum atomic E-state index is -3.33. The van der Waals surface area contributed by atoms with Crippen molar-refractivity contribution in [2.24, 2.45) is 7.05 Å². The third kappa shape index (κ3) is 4.38. The zero-order valence-corrected chi connectivity index (χ0v) is 17.6. The van der Waals surface area contributed by atoms with Crippen molar-refractivity contribution < 1.29 is 17.8 Å². The number of nitrogens with zero attached hydrogens (tertiary/aromatic N) is 1. The van der Waals surface area contributed by atoms with Crippen molar-refractivity contribution in [1.82, 2.24) is 9.29 Å². The normalized spacial score (nSPS) is 20.7. The van der Waals surface area contributed by atoms with Crippen molar-refractivity contribution in [3.63, 3.8) is 0 Å². The second-order valence-electron chi connectivity index (χ2n) is 7.61. The van der Waals surface area contributed by atoms with Crippen molar-refractivity contribution in [2.45, 2.75) is 30.2 Å². The van der Waals surface area contributed by atoms with Gasteiger partial charge in [-0.25, -0.2) is 22.5 Å². The highest BCUT2D eigenvalue weighted by Gasteiger charge is 2.31. The van der Waals surface area contributed by atoms with Gasteiger partial charge >= 0.3 is 0 Å². The number of carbonyl (C=O) groups is 1. The quantitative estimate of drug-likeness (QED) is 0.568. The number of aryl methyl sites for hydroxylation is 1. The number of halogens is 2.